The Morgan fingerprint density at radius 2 is 1.82 bits per heavy atom. The van der Waals surface area contributed by atoms with E-state index in [1.807, 2.05) is 43.3 Å². The van der Waals surface area contributed by atoms with E-state index in [4.69, 9.17) is 44.3 Å². The SMILES string of the molecule is CCc1cc(OCC=C(Cl)Cl)cc(C)c1OCCCCNc1ccc(Cl)cc1. The lowest BCUT2D eigenvalue weighted by Gasteiger charge is -2.16. The van der Waals surface area contributed by atoms with Crippen LogP contribution in [0.3, 0.4) is 0 Å². The second kappa shape index (κ2) is 12.1. The summed E-state index contributed by atoms with van der Waals surface area (Å²) in [6.07, 6.45) is 4.49. The number of hydrogen-bond acceptors (Lipinski definition) is 3. The Labute approximate surface area is 182 Å². The third-order valence-electron chi connectivity index (χ3n) is 4.18. The van der Waals surface area contributed by atoms with Crippen molar-refractivity contribution < 1.29 is 9.47 Å². The summed E-state index contributed by atoms with van der Waals surface area (Å²) in [6.45, 7) is 6.06. The summed E-state index contributed by atoms with van der Waals surface area (Å²) in [4.78, 5) is 0. The monoisotopic (exact) mass is 441 g/mol. The highest BCUT2D eigenvalue weighted by molar-refractivity contribution is 6.55. The maximum absolute atomic E-state index is 6.07. The molecule has 0 atom stereocenters. The second-order valence-electron chi connectivity index (χ2n) is 6.38. The average Bonchev–Trinajstić information content (AvgIpc) is 2.66. The van der Waals surface area contributed by atoms with E-state index >= 15 is 0 Å². The third-order valence-corrected chi connectivity index (χ3v) is 4.75. The van der Waals surface area contributed by atoms with Gasteiger partial charge in [-0.1, -0.05) is 41.7 Å². The van der Waals surface area contributed by atoms with Gasteiger partial charge in [0.15, 0.2) is 0 Å². The van der Waals surface area contributed by atoms with Crippen LogP contribution in [0.1, 0.15) is 30.9 Å². The number of unbranched alkanes of at least 4 members (excludes halogenated alkanes) is 1. The van der Waals surface area contributed by atoms with E-state index in [2.05, 4.69) is 12.2 Å². The number of hydrogen-bond donors (Lipinski definition) is 1. The summed E-state index contributed by atoms with van der Waals surface area (Å²) in [7, 11) is 0. The summed E-state index contributed by atoms with van der Waals surface area (Å²) < 4.78 is 12.0. The van der Waals surface area contributed by atoms with Crippen molar-refractivity contribution >= 4 is 40.5 Å². The van der Waals surface area contributed by atoms with E-state index in [1.54, 1.807) is 6.08 Å². The van der Waals surface area contributed by atoms with Crippen LogP contribution in [0.15, 0.2) is 47.0 Å². The smallest absolute Gasteiger partial charge is 0.125 e. The molecule has 1 N–H and O–H groups in total. The van der Waals surface area contributed by atoms with Crippen molar-refractivity contribution in [1.29, 1.82) is 0 Å². The quantitative estimate of drug-likeness (QED) is 0.374. The molecule has 0 aliphatic carbocycles. The Bertz CT molecular complexity index is 772. The van der Waals surface area contributed by atoms with E-state index < -0.39 is 0 Å². The fourth-order valence-corrected chi connectivity index (χ4v) is 3.02. The number of benzene rings is 2. The average molecular weight is 443 g/mol. The standard InChI is InChI=1S/C22H26Cl3NO2/c1-3-17-15-20(27-13-10-21(24)25)14-16(2)22(17)28-12-5-4-11-26-19-8-6-18(23)7-9-19/h6-10,14-15,26H,3-5,11-13H2,1-2H3. The van der Waals surface area contributed by atoms with E-state index in [0.29, 0.717) is 13.2 Å². The molecule has 0 bridgehead atoms. The normalized spacial score (nSPS) is 10.5. The molecular weight excluding hydrogens is 417 g/mol. The number of rotatable bonds is 11. The fourth-order valence-electron chi connectivity index (χ4n) is 2.77. The van der Waals surface area contributed by atoms with Gasteiger partial charge < -0.3 is 14.8 Å². The molecule has 0 aliphatic rings. The summed E-state index contributed by atoms with van der Waals surface area (Å²) in [5, 5.41) is 4.13. The molecule has 152 valence electrons. The largest absolute Gasteiger partial charge is 0.493 e. The first-order chi connectivity index (χ1) is 13.5. The third kappa shape index (κ3) is 7.83. The van der Waals surface area contributed by atoms with Crippen molar-refractivity contribution in [3.8, 4) is 11.5 Å². The molecule has 0 saturated carbocycles. The van der Waals surface area contributed by atoms with Crippen LogP contribution in [0.4, 0.5) is 5.69 Å². The Hall–Kier alpha value is -1.55. The minimum Gasteiger partial charge on any atom is -0.493 e. The van der Waals surface area contributed by atoms with Gasteiger partial charge in [0, 0.05) is 17.3 Å². The molecule has 0 aromatic heterocycles. The lowest BCUT2D eigenvalue weighted by Crippen LogP contribution is -2.06. The number of halogens is 3. The van der Waals surface area contributed by atoms with Crippen LogP contribution in [0, 0.1) is 6.92 Å². The van der Waals surface area contributed by atoms with Crippen LogP contribution >= 0.6 is 34.8 Å². The molecule has 0 unspecified atom stereocenters. The van der Waals surface area contributed by atoms with Crippen LogP contribution in [-0.4, -0.2) is 19.8 Å². The number of nitrogens with one attached hydrogen (secondary N) is 1. The van der Waals surface area contributed by atoms with Crippen molar-refractivity contribution in [1.82, 2.24) is 0 Å². The Morgan fingerprint density at radius 1 is 1.07 bits per heavy atom. The Kier molecular flexibility index (Phi) is 9.83. The van der Waals surface area contributed by atoms with Crippen LogP contribution in [-0.2, 0) is 6.42 Å². The molecule has 2 aromatic rings. The van der Waals surface area contributed by atoms with Gasteiger partial charge in [0.2, 0.25) is 0 Å². The molecule has 0 radical (unpaired) electrons. The zero-order valence-corrected chi connectivity index (χ0v) is 18.5. The molecule has 0 aliphatic heterocycles. The number of ether oxygens (including phenoxy) is 2. The fraction of sp³-hybridized carbons (Fsp3) is 0.364. The van der Waals surface area contributed by atoms with Gasteiger partial charge in [-0.3, -0.25) is 0 Å². The first kappa shape index (κ1) is 22.7. The van der Waals surface area contributed by atoms with Gasteiger partial charge >= 0.3 is 0 Å². The van der Waals surface area contributed by atoms with E-state index in [1.165, 1.54) is 0 Å². The zero-order chi connectivity index (χ0) is 20.4. The maximum atomic E-state index is 6.07. The highest BCUT2D eigenvalue weighted by Crippen LogP contribution is 2.30. The van der Waals surface area contributed by atoms with Crippen LogP contribution in [0.25, 0.3) is 0 Å². The van der Waals surface area contributed by atoms with Crippen LogP contribution < -0.4 is 14.8 Å². The van der Waals surface area contributed by atoms with Gasteiger partial charge in [-0.2, -0.15) is 0 Å². The summed E-state index contributed by atoms with van der Waals surface area (Å²) in [5.74, 6) is 1.74. The Morgan fingerprint density at radius 3 is 2.50 bits per heavy atom. The molecule has 0 spiro atoms. The van der Waals surface area contributed by atoms with Gasteiger partial charge in [-0.05, 0) is 79.8 Å². The van der Waals surface area contributed by atoms with Crippen molar-refractivity contribution in [2.75, 3.05) is 25.1 Å². The van der Waals surface area contributed by atoms with Crippen molar-refractivity contribution in [2.45, 2.75) is 33.1 Å². The molecule has 28 heavy (non-hydrogen) atoms. The van der Waals surface area contributed by atoms with Crippen molar-refractivity contribution in [3.63, 3.8) is 0 Å². The second-order valence-corrected chi connectivity index (χ2v) is 7.82. The topological polar surface area (TPSA) is 30.5 Å². The molecule has 2 aromatic carbocycles. The van der Waals surface area contributed by atoms with Gasteiger partial charge in [0.05, 0.1) is 6.61 Å². The van der Waals surface area contributed by atoms with Gasteiger partial charge in [0.25, 0.3) is 0 Å². The zero-order valence-electron chi connectivity index (χ0n) is 16.2. The molecule has 0 saturated heterocycles. The van der Waals surface area contributed by atoms with Gasteiger partial charge in [0.1, 0.15) is 22.6 Å². The van der Waals surface area contributed by atoms with E-state index in [9.17, 15) is 0 Å². The predicted molar refractivity (Wildman–Crippen MR) is 121 cm³/mol. The van der Waals surface area contributed by atoms with Crippen LogP contribution in [0.5, 0.6) is 11.5 Å². The Balaban J connectivity index is 1.79. The predicted octanol–water partition coefficient (Wildman–Crippen LogP) is 7.18. The molecule has 6 heteroatoms. The highest BCUT2D eigenvalue weighted by atomic mass is 35.5. The van der Waals surface area contributed by atoms with Crippen molar-refractivity contribution in [2.24, 2.45) is 0 Å². The summed E-state index contributed by atoms with van der Waals surface area (Å²) in [5.41, 5.74) is 3.28. The van der Waals surface area contributed by atoms with E-state index in [0.717, 1.165) is 59.1 Å². The maximum Gasteiger partial charge on any atom is 0.125 e. The highest BCUT2D eigenvalue weighted by Gasteiger charge is 2.09. The number of anilines is 1. The lowest BCUT2D eigenvalue weighted by atomic mass is 10.1. The number of aryl methyl sites for hydroxylation is 2. The molecule has 0 fully saturated rings. The summed E-state index contributed by atoms with van der Waals surface area (Å²) in [6, 6.07) is 11.7. The molecule has 0 amide bonds. The minimum absolute atomic E-state index is 0.206. The van der Waals surface area contributed by atoms with Gasteiger partial charge in [-0.25, -0.2) is 0 Å². The summed E-state index contributed by atoms with van der Waals surface area (Å²) >= 11 is 17.1. The lowest BCUT2D eigenvalue weighted by molar-refractivity contribution is 0.302. The molecule has 0 heterocycles. The van der Waals surface area contributed by atoms with Gasteiger partial charge in [-0.15, -0.1) is 0 Å². The minimum atomic E-state index is 0.206. The molecule has 2 rings (SSSR count). The first-order valence-electron chi connectivity index (χ1n) is 9.39. The van der Waals surface area contributed by atoms with Crippen LogP contribution in [0.2, 0.25) is 5.02 Å². The molecule has 3 nitrogen and oxygen atoms in total. The molecular formula is C22H26Cl3NO2. The van der Waals surface area contributed by atoms with E-state index in [-0.39, 0.29) is 4.49 Å². The first-order valence-corrected chi connectivity index (χ1v) is 10.5. The van der Waals surface area contributed by atoms with Crippen molar-refractivity contribution in [3.05, 3.63) is 63.1 Å².